The maximum absolute atomic E-state index is 13.1. The highest BCUT2D eigenvalue weighted by molar-refractivity contribution is 8.18. The first-order chi connectivity index (χ1) is 12.5. The molecule has 1 fully saturated rings. The maximum atomic E-state index is 13.1. The highest BCUT2D eigenvalue weighted by Gasteiger charge is 2.27. The van der Waals surface area contributed by atoms with Gasteiger partial charge in [0.25, 0.3) is 5.91 Å². The van der Waals surface area contributed by atoms with Gasteiger partial charge in [-0.2, -0.15) is 0 Å². The van der Waals surface area contributed by atoms with Gasteiger partial charge >= 0.3 is 0 Å². The fraction of sp³-hybridized carbons (Fsp3) is 0.167. The molecule has 1 aliphatic rings. The third-order valence-electron chi connectivity index (χ3n) is 3.66. The number of thioether (sulfide) groups is 1. The van der Waals surface area contributed by atoms with Crippen LogP contribution in [0.2, 0.25) is 0 Å². The third kappa shape index (κ3) is 4.02. The van der Waals surface area contributed by atoms with Crippen molar-refractivity contribution in [1.29, 1.82) is 0 Å². The molecule has 1 saturated heterocycles. The summed E-state index contributed by atoms with van der Waals surface area (Å²) in [6, 6.07) is 7.91. The molecule has 8 heteroatoms. The van der Waals surface area contributed by atoms with E-state index in [2.05, 4.69) is 10.3 Å². The monoisotopic (exact) mass is 373 g/mol. The highest BCUT2D eigenvalue weighted by atomic mass is 32.2. The first-order valence-corrected chi connectivity index (χ1v) is 8.70. The van der Waals surface area contributed by atoms with E-state index in [0.717, 1.165) is 23.9 Å². The molecule has 1 aliphatic heterocycles. The van der Waals surface area contributed by atoms with E-state index in [1.807, 2.05) is 13.0 Å². The van der Waals surface area contributed by atoms with Crippen molar-refractivity contribution < 1.29 is 18.4 Å². The second-order valence-corrected chi connectivity index (χ2v) is 6.54. The van der Waals surface area contributed by atoms with Crippen LogP contribution in [0.1, 0.15) is 30.0 Å². The lowest BCUT2D eigenvalue weighted by Crippen LogP contribution is -2.25. The Morgan fingerprint density at radius 2 is 2.08 bits per heavy atom. The number of aryl methyl sites for hydroxylation is 1. The SMILES string of the molecule is CCc1ccc(/C=C2\SC(=N[C@H](C(N)=O)c3ccc(F)cc3)NC2=O)o1. The van der Waals surface area contributed by atoms with E-state index in [4.69, 9.17) is 10.2 Å². The lowest BCUT2D eigenvalue weighted by molar-refractivity contribution is -0.119. The van der Waals surface area contributed by atoms with E-state index in [9.17, 15) is 14.0 Å². The topological polar surface area (TPSA) is 97.7 Å². The van der Waals surface area contributed by atoms with Gasteiger partial charge in [0.1, 0.15) is 17.3 Å². The summed E-state index contributed by atoms with van der Waals surface area (Å²) >= 11 is 1.08. The van der Waals surface area contributed by atoms with Crippen LogP contribution in [0.3, 0.4) is 0 Å². The molecular formula is C18H16FN3O3S. The number of aliphatic imine (C=N–C) groups is 1. The van der Waals surface area contributed by atoms with E-state index in [1.165, 1.54) is 24.3 Å². The van der Waals surface area contributed by atoms with Crippen LogP contribution in [0.15, 0.2) is 50.7 Å². The summed E-state index contributed by atoms with van der Waals surface area (Å²) in [6.07, 6.45) is 2.37. The van der Waals surface area contributed by atoms with E-state index < -0.39 is 17.8 Å². The van der Waals surface area contributed by atoms with Crippen molar-refractivity contribution in [2.75, 3.05) is 0 Å². The maximum Gasteiger partial charge on any atom is 0.264 e. The van der Waals surface area contributed by atoms with Crippen molar-refractivity contribution in [3.8, 4) is 0 Å². The van der Waals surface area contributed by atoms with Crippen molar-refractivity contribution >= 4 is 34.8 Å². The van der Waals surface area contributed by atoms with Crippen molar-refractivity contribution in [2.45, 2.75) is 19.4 Å². The van der Waals surface area contributed by atoms with Crippen LogP contribution in [0.4, 0.5) is 4.39 Å². The minimum atomic E-state index is -1.02. The minimum Gasteiger partial charge on any atom is -0.462 e. The molecule has 0 bridgehead atoms. The van der Waals surface area contributed by atoms with Gasteiger partial charge in [-0.25, -0.2) is 9.38 Å². The van der Waals surface area contributed by atoms with Crippen LogP contribution in [0, 0.1) is 5.82 Å². The number of nitrogens with zero attached hydrogens (tertiary/aromatic N) is 1. The molecule has 0 aliphatic carbocycles. The number of amides is 2. The Balaban J connectivity index is 1.83. The number of hydrogen-bond donors (Lipinski definition) is 2. The van der Waals surface area contributed by atoms with Gasteiger partial charge in [0.05, 0.1) is 4.91 Å². The fourth-order valence-electron chi connectivity index (χ4n) is 2.34. The van der Waals surface area contributed by atoms with Crippen LogP contribution in [0.25, 0.3) is 6.08 Å². The largest absolute Gasteiger partial charge is 0.462 e. The van der Waals surface area contributed by atoms with Gasteiger partial charge in [-0.1, -0.05) is 19.1 Å². The number of nitrogens with two attached hydrogens (primary N) is 1. The zero-order chi connectivity index (χ0) is 18.7. The number of carbonyl (C=O) groups is 2. The summed E-state index contributed by atoms with van der Waals surface area (Å²) in [5, 5.41) is 2.84. The summed E-state index contributed by atoms with van der Waals surface area (Å²) < 4.78 is 18.6. The molecule has 0 spiro atoms. The molecule has 1 atom stereocenters. The molecule has 0 unspecified atom stereocenters. The molecule has 3 rings (SSSR count). The molecule has 3 N–H and O–H groups in total. The molecule has 1 aromatic carbocycles. The summed E-state index contributed by atoms with van der Waals surface area (Å²) in [5.74, 6) is -0.0891. The molecule has 26 heavy (non-hydrogen) atoms. The molecule has 0 radical (unpaired) electrons. The Bertz CT molecular complexity index is 903. The number of halogens is 1. The summed E-state index contributed by atoms with van der Waals surface area (Å²) in [6.45, 7) is 1.97. The van der Waals surface area contributed by atoms with Crippen LogP contribution in [-0.2, 0) is 16.0 Å². The van der Waals surface area contributed by atoms with Gasteiger partial charge < -0.3 is 15.5 Å². The zero-order valence-electron chi connectivity index (χ0n) is 13.9. The Morgan fingerprint density at radius 3 is 2.69 bits per heavy atom. The Morgan fingerprint density at radius 1 is 1.35 bits per heavy atom. The molecule has 6 nitrogen and oxygen atoms in total. The lowest BCUT2D eigenvalue weighted by Gasteiger charge is -2.09. The Kier molecular flexibility index (Phi) is 5.22. The number of primary amides is 1. The number of rotatable bonds is 5. The van der Waals surface area contributed by atoms with Crippen molar-refractivity contribution in [2.24, 2.45) is 10.7 Å². The Hall–Kier alpha value is -2.87. The van der Waals surface area contributed by atoms with Gasteiger partial charge in [-0.05, 0) is 41.6 Å². The van der Waals surface area contributed by atoms with Crippen molar-refractivity contribution in [1.82, 2.24) is 5.32 Å². The quantitative estimate of drug-likeness (QED) is 0.788. The van der Waals surface area contributed by atoms with Gasteiger partial charge in [0.2, 0.25) is 5.91 Å². The average Bonchev–Trinajstić information content (AvgIpc) is 3.20. The zero-order valence-corrected chi connectivity index (χ0v) is 14.7. The predicted molar refractivity (Wildman–Crippen MR) is 97.6 cm³/mol. The van der Waals surface area contributed by atoms with Gasteiger partial charge in [-0.3, -0.25) is 9.59 Å². The van der Waals surface area contributed by atoms with E-state index >= 15 is 0 Å². The van der Waals surface area contributed by atoms with Gasteiger partial charge in [0.15, 0.2) is 11.2 Å². The van der Waals surface area contributed by atoms with Crippen LogP contribution in [0.5, 0.6) is 0 Å². The number of hydrogen-bond acceptors (Lipinski definition) is 5. The normalized spacial score (nSPS) is 18.3. The molecule has 2 amide bonds. The number of nitrogens with one attached hydrogen (secondary N) is 1. The van der Waals surface area contributed by atoms with E-state index in [1.54, 1.807) is 12.1 Å². The third-order valence-corrected chi connectivity index (χ3v) is 4.58. The molecule has 0 saturated carbocycles. The second kappa shape index (κ2) is 7.57. The van der Waals surface area contributed by atoms with Crippen LogP contribution >= 0.6 is 11.8 Å². The molecule has 2 aromatic rings. The number of amidine groups is 1. The summed E-state index contributed by atoms with van der Waals surface area (Å²) in [7, 11) is 0. The van der Waals surface area contributed by atoms with Crippen molar-refractivity contribution in [3.63, 3.8) is 0 Å². The summed E-state index contributed by atoms with van der Waals surface area (Å²) in [4.78, 5) is 28.5. The van der Waals surface area contributed by atoms with Crippen LogP contribution in [-0.4, -0.2) is 17.0 Å². The van der Waals surface area contributed by atoms with Crippen molar-refractivity contribution in [3.05, 3.63) is 64.2 Å². The first kappa shape index (κ1) is 17.9. The molecule has 2 heterocycles. The molecule has 1 aromatic heterocycles. The first-order valence-electron chi connectivity index (χ1n) is 7.88. The number of benzene rings is 1. The van der Waals surface area contributed by atoms with Gasteiger partial charge in [0, 0.05) is 12.5 Å². The minimum absolute atomic E-state index is 0.247. The molecule has 134 valence electrons. The smallest absolute Gasteiger partial charge is 0.264 e. The molecular weight excluding hydrogens is 357 g/mol. The summed E-state index contributed by atoms with van der Waals surface area (Å²) in [5.41, 5.74) is 5.85. The van der Waals surface area contributed by atoms with E-state index in [0.29, 0.717) is 16.2 Å². The Labute approximate surface area is 153 Å². The van der Waals surface area contributed by atoms with Gasteiger partial charge in [-0.15, -0.1) is 0 Å². The number of carbonyl (C=O) groups excluding carboxylic acids is 2. The second-order valence-electron chi connectivity index (χ2n) is 5.51. The highest BCUT2D eigenvalue weighted by Crippen LogP contribution is 2.29. The van der Waals surface area contributed by atoms with E-state index in [-0.39, 0.29) is 11.1 Å². The lowest BCUT2D eigenvalue weighted by atomic mass is 10.1. The standard InChI is InChI=1S/C18H16FN3O3S/c1-2-12-7-8-13(25-12)9-14-17(24)22-18(26-14)21-15(16(20)23)10-3-5-11(19)6-4-10/h3-9,15H,2H2,1H3,(H2,20,23)(H,21,22,24)/b14-9-/t15-/m0/s1. The number of furan rings is 1. The predicted octanol–water partition coefficient (Wildman–Crippen LogP) is 2.77. The van der Waals surface area contributed by atoms with Crippen LogP contribution < -0.4 is 11.1 Å². The fourth-order valence-corrected chi connectivity index (χ4v) is 3.17. The average molecular weight is 373 g/mol.